The average Bonchev–Trinajstić information content (AvgIpc) is 2.20. The van der Waals surface area contributed by atoms with Crippen molar-refractivity contribution in [3.63, 3.8) is 0 Å². The van der Waals surface area contributed by atoms with Crippen LogP contribution in [0.15, 0.2) is 22.7 Å². The van der Waals surface area contributed by atoms with Gasteiger partial charge in [-0.15, -0.1) is 0 Å². The molecule has 0 bridgehead atoms. The molecule has 0 amide bonds. The highest BCUT2D eigenvalue weighted by molar-refractivity contribution is 9.10. The number of aliphatic carboxylic acids is 1. The summed E-state index contributed by atoms with van der Waals surface area (Å²) in [6.07, 6.45) is 0.424. The Labute approximate surface area is 104 Å². The summed E-state index contributed by atoms with van der Waals surface area (Å²) >= 11 is 3.42. The normalized spacial score (nSPS) is 11.2. The first-order valence-electron chi connectivity index (χ1n) is 4.93. The second kappa shape index (κ2) is 4.87. The average molecular weight is 287 g/mol. The van der Waals surface area contributed by atoms with Crippen LogP contribution in [0, 0.1) is 5.41 Å². The molecule has 1 aromatic carbocycles. The van der Waals surface area contributed by atoms with Gasteiger partial charge in [-0.25, -0.2) is 0 Å². The Morgan fingerprint density at radius 2 is 2.12 bits per heavy atom. The maximum absolute atomic E-state index is 11.1. The minimum Gasteiger partial charge on any atom is -0.496 e. The van der Waals surface area contributed by atoms with Crippen molar-refractivity contribution in [2.24, 2.45) is 5.41 Å². The van der Waals surface area contributed by atoms with E-state index in [1.807, 2.05) is 18.2 Å². The van der Waals surface area contributed by atoms with E-state index in [4.69, 9.17) is 9.84 Å². The summed E-state index contributed by atoms with van der Waals surface area (Å²) in [7, 11) is 1.58. The van der Waals surface area contributed by atoms with Crippen LogP contribution in [0.1, 0.15) is 19.4 Å². The molecule has 3 nitrogen and oxygen atoms in total. The number of ether oxygens (including phenoxy) is 1. The molecule has 0 saturated carbocycles. The van der Waals surface area contributed by atoms with Crippen molar-refractivity contribution in [1.29, 1.82) is 0 Å². The standard InChI is InChI=1S/C12H15BrO3/c1-12(2,11(14)15)7-8-9(13)5-4-6-10(8)16-3/h4-6H,7H2,1-3H3,(H,14,15). The van der Waals surface area contributed by atoms with Gasteiger partial charge in [0.25, 0.3) is 0 Å². The molecule has 0 fully saturated rings. The van der Waals surface area contributed by atoms with Gasteiger partial charge in [0.05, 0.1) is 12.5 Å². The zero-order valence-electron chi connectivity index (χ0n) is 9.58. The molecule has 1 N–H and O–H groups in total. The van der Waals surface area contributed by atoms with Crippen molar-refractivity contribution < 1.29 is 14.6 Å². The fourth-order valence-corrected chi connectivity index (χ4v) is 1.91. The molecule has 0 radical (unpaired) electrons. The highest BCUT2D eigenvalue weighted by atomic mass is 79.9. The lowest BCUT2D eigenvalue weighted by Crippen LogP contribution is -2.26. The number of methoxy groups -OCH3 is 1. The van der Waals surface area contributed by atoms with Gasteiger partial charge in [0, 0.05) is 10.0 Å². The highest BCUT2D eigenvalue weighted by Crippen LogP contribution is 2.33. The highest BCUT2D eigenvalue weighted by Gasteiger charge is 2.29. The Morgan fingerprint density at radius 3 is 2.62 bits per heavy atom. The zero-order chi connectivity index (χ0) is 12.3. The molecule has 88 valence electrons. The van der Waals surface area contributed by atoms with Crippen LogP contribution < -0.4 is 4.74 Å². The van der Waals surface area contributed by atoms with Crippen molar-refractivity contribution >= 4 is 21.9 Å². The summed E-state index contributed by atoms with van der Waals surface area (Å²) in [6, 6.07) is 5.58. The molecular weight excluding hydrogens is 272 g/mol. The maximum atomic E-state index is 11.1. The second-order valence-electron chi connectivity index (χ2n) is 4.29. The molecule has 4 heteroatoms. The molecule has 1 rings (SSSR count). The molecular formula is C12H15BrO3. The molecule has 0 aliphatic carbocycles. The Morgan fingerprint density at radius 1 is 1.50 bits per heavy atom. The van der Waals surface area contributed by atoms with Crippen LogP contribution in [0.25, 0.3) is 0 Å². The van der Waals surface area contributed by atoms with E-state index in [2.05, 4.69) is 15.9 Å². The number of hydrogen-bond donors (Lipinski definition) is 1. The van der Waals surface area contributed by atoms with Gasteiger partial charge >= 0.3 is 5.97 Å². The number of hydrogen-bond acceptors (Lipinski definition) is 2. The molecule has 0 saturated heterocycles. The van der Waals surface area contributed by atoms with Gasteiger partial charge in [-0.05, 0) is 32.4 Å². The lowest BCUT2D eigenvalue weighted by Gasteiger charge is -2.21. The van der Waals surface area contributed by atoms with E-state index in [0.717, 1.165) is 10.0 Å². The smallest absolute Gasteiger partial charge is 0.309 e. The summed E-state index contributed by atoms with van der Waals surface area (Å²) in [5, 5.41) is 9.10. The number of benzene rings is 1. The second-order valence-corrected chi connectivity index (χ2v) is 5.14. The van der Waals surface area contributed by atoms with Gasteiger partial charge in [-0.2, -0.15) is 0 Å². The van der Waals surface area contributed by atoms with Crippen molar-refractivity contribution in [1.82, 2.24) is 0 Å². The summed E-state index contributed by atoms with van der Waals surface area (Å²) < 4.78 is 6.10. The minimum absolute atomic E-state index is 0.424. The predicted octanol–water partition coefficient (Wildman–Crippen LogP) is 3.11. The van der Waals surface area contributed by atoms with E-state index in [1.54, 1.807) is 21.0 Å². The zero-order valence-corrected chi connectivity index (χ0v) is 11.2. The van der Waals surface area contributed by atoms with Crippen molar-refractivity contribution in [3.8, 4) is 5.75 Å². The third-order valence-electron chi connectivity index (χ3n) is 2.49. The van der Waals surface area contributed by atoms with E-state index in [-0.39, 0.29) is 0 Å². The number of carboxylic acid groups (broad SMARTS) is 1. The fourth-order valence-electron chi connectivity index (χ4n) is 1.42. The number of carbonyl (C=O) groups is 1. The Kier molecular flexibility index (Phi) is 3.97. The molecule has 0 aliphatic rings. The van der Waals surface area contributed by atoms with Crippen molar-refractivity contribution in [2.75, 3.05) is 7.11 Å². The lowest BCUT2D eigenvalue weighted by molar-refractivity contribution is -0.146. The Bertz CT molecular complexity index is 399. The monoisotopic (exact) mass is 286 g/mol. The number of carboxylic acids is 1. The first kappa shape index (κ1) is 13.0. The van der Waals surface area contributed by atoms with Gasteiger partial charge in [-0.3, -0.25) is 4.79 Å². The maximum Gasteiger partial charge on any atom is 0.309 e. The molecule has 0 aliphatic heterocycles. The summed E-state index contributed by atoms with van der Waals surface area (Å²) in [5.41, 5.74) is 0.0781. The quantitative estimate of drug-likeness (QED) is 0.925. The van der Waals surface area contributed by atoms with E-state index < -0.39 is 11.4 Å². The first-order chi connectivity index (χ1) is 7.38. The van der Waals surface area contributed by atoms with Gasteiger partial charge in [0.2, 0.25) is 0 Å². The van der Waals surface area contributed by atoms with E-state index in [9.17, 15) is 4.79 Å². The number of halogens is 1. The van der Waals surface area contributed by atoms with Crippen LogP contribution in [-0.2, 0) is 11.2 Å². The molecule has 16 heavy (non-hydrogen) atoms. The van der Waals surface area contributed by atoms with Gasteiger partial charge in [-0.1, -0.05) is 22.0 Å². The van der Waals surface area contributed by atoms with Crippen LogP contribution in [-0.4, -0.2) is 18.2 Å². The summed E-state index contributed by atoms with van der Waals surface area (Å²) in [5.74, 6) is -0.103. The third-order valence-corrected chi connectivity index (χ3v) is 3.24. The summed E-state index contributed by atoms with van der Waals surface area (Å²) in [6.45, 7) is 3.41. The number of rotatable bonds is 4. The molecule has 0 atom stereocenters. The minimum atomic E-state index is -0.815. The van der Waals surface area contributed by atoms with Gasteiger partial charge < -0.3 is 9.84 Å². The van der Waals surface area contributed by atoms with Crippen LogP contribution in [0.3, 0.4) is 0 Å². The van der Waals surface area contributed by atoms with Crippen LogP contribution in [0.4, 0.5) is 0 Å². The molecule has 0 aromatic heterocycles. The van der Waals surface area contributed by atoms with E-state index >= 15 is 0 Å². The SMILES string of the molecule is COc1cccc(Br)c1CC(C)(C)C(=O)O. The van der Waals surface area contributed by atoms with E-state index in [0.29, 0.717) is 12.2 Å². The van der Waals surface area contributed by atoms with Crippen LogP contribution in [0.5, 0.6) is 5.75 Å². The lowest BCUT2D eigenvalue weighted by atomic mass is 9.85. The fraction of sp³-hybridized carbons (Fsp3) is 0.417. The van der Waals surface area contributed by atoms with Gasteiger partial charge in [0.15, 0.2) is 0 Å². The van der Waals surface area contributed by atoms with E-state index in [1.165, 1.54) is 0 Å². The molecule has 1 aromatic rings. The van der Waals surface area contributed by atoms with Crippen molar-refractivity contribution in [3.05, 3.63) is 28.2 Å². The first-order valence-corrected chi connectivity index (χ1v) is 5.72. The Hall–Kier alpha value is -1.03. The molecule has 0 unspecified atom stereocenters. The Balaban J connectivity index is 3.09. The van der Waals surface area contributed by atoms with Crippen LogP contribution in [0.2, 0.25) is 0 Å². The molecule has 0 spiro atoms. The largest absolute Gasteiger partial charge is 0.496 e. The predicted molar refractivity (Wildman–Crippen MR) is 65.8 cm³/mol. The molecule has 0 heterocycles. The van der Waals surface area contributed by atoms with Gasteiger partial charge in [0.1, 0.15) is 5.75 Å². The van der Waals surface area contributed by atoms with Crippen LogP contribution >= 0.6 is 15.9 Å². The topological polar surface area (TPSA) is 46.5 Å². The summed E-state index contributed by atoms with van der Waals surface area (Å²) in [4.78, 5) is 11.1. The van der Waals surface area contributed by atoms with Crippen molar-refractivity contribution in [2.45, 2.75) is 20.3 Å². The third kappa shape index (κ3) is 2.76.